The highest BCUT2D eigenvalue weighted by Gasteiger charge is 2.42. The Morgan fingerprint density at radius 1 is 0.483 bits per heavy atom. The van der Waals surface area contributed by atoms with Crippen LogP contribution < -0.4 is 0 Å². The minimum absolute atomic E-state index is 0.254. The van der Waals surface area contributed by atoms with Crippen LogP contribution in [-0.2, 0) is 18.3 Å². The fraction of sp³-hybridized carbons (Fsp3) is 0.111. The third-order valence-electron chi connectivity index (χ3n) is 6.11. The van der Waals surface area contributed by atoms with Crippen molar-refractivity contribution in [1.82, 2.24) is 0 Å². The van der Waals surface area contributed by atoms with E-state index in [1.807, 2.05) is 24.3 Å². The second kappa shape index (κ2) is 6.82. The van der Waals surface area contributed by atoms with E-state index in [1.54, 1.807) is 24.3 Å². The molecule has 4 aromatic carbocycles. The van der Waals surface area contributed by atoms with Crippen LogP contribution in [0.5, 0.6) is 11.5 Å². The number of hydrogen-bond acceptors (Lipinski definition) is 2. The molecule has 0 aliphatic heterocycles. The average Bonchev–Trinajstić information content (AvgIpc) is 2.91. The molecule has 4 aromatic rings. The summed E-state index contributed by atoms with van der Waals surface area (Å²) < 4.78 is 0. The fourth-order valence-corrected chi connectivity index (χ4v) is 4.83. The molecular formula is C27H22O2. The maximum absolute atomic E-state index is 9.96. The molecule has 0 spiro atoms. The van der Waals surface area contributed by atoms with E-state index < -0.39 is 5.41 Å². The lowest BCUT2D eigenvalue weighted by Crippen LogP contribution is -2.32. The van der Waals surface area contributed by atoms with Crippen molar-refractivity contribution in [2.75, 3.05) is 0 Å². The number of phenolic OH excluding ortho intramolecular Hbond substituents is 2. The van der Waals surface area contributed by atoms with Gasteiger partial charge in [-0.05, 0) is 70.5 Å². The van der Waals surface area contributed by atoms with Crippen molar-refractivity contribution in [2.24, 2.45) is 0 Å². The molecule has 2 nitrogen and oxygen atoms in total. The molecule has 1 aliphatic rings. The number of rotatable bonds is 2. The van der Waals surface area contributed by atoms with E-state index in [-0.39, 0.29) is 11.5 Å². The van der Waals surface area contributed by atoms with Crippen LogP contribution in [0.15, 0.2) is 97.1 Å². The van der Waals surface area contributed by atoms with Gasteiger partial charge in [0.15, 0.2) is 0 Å². The minimum atomic E-state index is -0.523. The lowest BCUT2D eigenvalue weighted by Gasteiger charge is -2.38. The maximum atomic E-state index is 9.96. The Labute approximate surface area is 170 Å². The summed E-state index contributed by atoms with van der Waals surface area (Å²) in [6, 6.07) is 32.4. The number of phenols is 2. The highest BCUT2D eigenvalue weighted by atomic mass is 16.3. The molecule has 0 saturated heterocycles. The Morgan fingerprint density at radius 3 is 1.28 bits per heavy atom. The maximum Gasteiger partial charge on any atom is 0.115 e. The van der Waals surface area contributed by atoms with E-state index in [4.69, 9.17) is 0 Å². The van der Waals surface area contributed by atoms with Crippen LogP contribution in [0, 0.1) is 0 Å². The SMILES string of the molecule is Oc1ccc(C2(c3ccc(O)cc3)c3ccccc3CCc3ccccc32)cc1. The van der Waals surface area contributed by atoms with Gasteiger partial charge in [0.2, 0.25) is 0 Å². The molecule has 0 amide bonds. The smallest absolute Gasteiger partial charge is 0.115 e. The predicted molar refractivity (Wildman–Crippen MR) is 115 cm³/mol. The first-order valence-corrected chi connectivity index (χ1v) is 9.95. The first kappa shape index (κ1) is 17.6. The van der Waals surface area contributed by atoms with Gasteiger partial charge in [-0.3, -0.25) is 0 Å². The fourth-order valence-electron chi connectivity index (χ4n) is 4.83. The molecule has 5 rings (SSSR count). The van der Waals surface area contributed by atoms with Crippen molar-refractivity contribution < 1.29 is 10.2 Å². The van der Waals surface area contributed by atoms with Crippen molar-refractivity contribution in [3.63, 3.8) is 0 Å². The molecular weight excluding hydrogens is 356 g/mol. The van der Waals surface area contributed by atoms with E-state index >= 15 is 0 Å². The first-order chi connectivity index (χ1) is 14.2. The molecule has 0 bridgehead atoms. The van der Waals surface area contributed by atoms with Crippen molar-refractivity contribution in [1.29, 1.82) is 0 Å². The van der Waals surface area contributed by atoms with Gasteiger partial charge < -0.3 is 10.2 Å². The quantitative estimate of drug-likeness (QED) is 0.478. The lowest BCUT2D eigenvalue weighted by molar-refractivity contribution is 0.474. The van der Waals surface area contributed by atoms with Crippen LogP contribution in [0.3, 0.4) is 0 Å². The monoisotopic (exact) mass is 378 g/mol. The van der Waals surface area contributed by atoms with Gasteiger partial charge in [0.05, 0.1) is 5.41 Å². The molecule has 29 heavy (non-hydrogen) atoms. The third-order valence-corrected chi connectivity index (χ3v) is 6.11. The molecule has 142 valence electrons. The van der Waals surface area contributed by atoms with E-state index in [2.05, 4.69) is 48.5 Å². The molecule has 2 N–H and O–H groups in total. The Morgan fingerprint density at radius 2 is 0.862 bits per heavy atom. The lowest BCUT2D eigenvalue weighted by atomic mass is 9.64. The number of aryl methyl sites for hydroxylation is 2. The molecule has 0 aromatic heterocycles. The summed E-state index contributed by atoms with van der Waals surface area (Å²) >= 11 is 0. The van der Waals surface area contributed by atoms with Crippen LogP contribution >= 0.6 is 0 Å². The van der Waals surface area contributed by atoms with Gasteiger partial charge in [-0.2, -0.15) is 0 Å². The highest BCUT2D eigenvalue weighted by Crippen LogP contribution is 2.49. The van der Waals surface area contributed by atoms with Gasteiger partial charge in [0, 0.05) is 0 Å². The molecule has 1 aliphatic carbocycles. The van der Waals surface area contributed by atoms with Crippen molar-refractivity contribution >= 4 is 0 Å². The largest absolute Gasteiger partial charge is 0.508 e. The van der Waals surface area contributed by atoms with E-state index in [0.29, 0.717) is 0 Å². The Kier molecular flexibility index (Phi) is 4.13. The predicted octanol–water partition coefficient (Wildman–Crippen LogP) is 5.58. The molecule has 0 radical (unpaired) electrons. The van der Waals surface area contributed by atoms with Crippen molar-refractivity contribution in [3.05, 3.63) is 130 Å². The van der Waals surface area contributed by atoms with Crippen LogP contribution in [0.1, 0.15) is 33.4 Å². The van der Waals surface area contributed by atoms with Crippen LogP contribution in [0.2, 0.25) is 0 Å². The van der Waals surface area contributed by atoms with Crippen molar-refractivity contribution in [3.8, 4) is 11.5 Å². The second-order valence-corrected chi connectivity index (χ2v) is 7.66. The van der Waals surface area contributed by atoms with Gasteiger partial charge in [0.25, 0.3) is 0 Å². The summed E-state index contributed by atoms with van der Waals surface area (Å²) in [5.41, 5.74) is 6.83. The van der Waals surface area contributed by atoms with E-state index in [0.717, 1.165) is 24.0 Å². The summed E-state index contributed by atoms with van der Waals surface area (Å²) in [5, 5.41) is 19.9. The Hall–Kier alpha value is -3.52. The second-order valence-electron chi connectivity index (χ2n) is 7.66. The zero-order valence-electron chi connectivity index (χ0n) is 16.0. The number of hydrogen-bond donors (Lipinski definition) is 2. The first-order valence-electron chi connectivity index (χ1n) is 9.95. The number of aromatic hydroxyl groups is 2. The zero-order valence-corrected chi connectivity index (χ0v) is 16.0. The summed E-state index contributed by atoms with van der Waals surface area (Å²) in [5.74, 6) is 0.509. The van der Waals surface area contributed by atoms with Crippen molar-refractivity contribution in [2.45, 2.75) is 18.3 Å². The standard InChI is InChI=1S/C27H22O2/c28-23-15-11-21(12-16-23)27(22-13-17-24(29)18-14-22)25-7-3-1-5-19(25)9-10-20-6-2-4-8-26(20)27/h1-8,11-18,28-29H,9-10H2. The normalized spacial score (nSPS) is 14.5. The Balaban J connectivity index is 1.96. The molecule has 0 unspecified atom stereocenters. The minimum Gasteiger partial charge on any atom is -0.508 e. The topological polar surface area (TPSA) is 40.5 Å². The summed E-state index contributed by atoms with van der Waals surface area (Å²) in [7, 11) is 0. The highest BCUT2D eigenvalue weighted by molar-refractivity contribution is 5.65. The Bertz CT molecular complexity index is 1060. The van der Waals surface area contributed by atoms with Gasteiger partial charge in [-0.25, -0.2) is 0 Å². The zero-order chi connectivity index (χ0) is 19.8. The van der Waals surface area contributed by atoms with Gasteiger partial charge in [-0.15, -0.1) is 0 Å². The van der Waals surface area contributed by atoms with Crippen LogP contribution in [-0.4, -0.2) is 10.2 Å². The summed E-state index contributed by atoms with van der Waals surface area (Å²) in [6.07, 6.45) is 1.95. The van der Waals surface area contributed by atoms with Gasteiger partial charge >= 0.3 is 0 Å². The number of benzene rings is 4. The van der Waals surface area contributed by atoms with Gasteiger partial charge in [-0.1, -0.05) is 72.8 Å². The number of fused-ring (bicyclic) bond motifs is 2. The molecule has 2 heteroatoms. The van der Waals surface area contributed by atoms with Gasteiger partial charge in [0.1, 0.15) is 11.5 Å². The average molecular weight is 378 g/mol. The van der Waals surface area contributed by atoms with Crippen LogP contribution in [0.4, 0.5) is 0 Å². The summed E-state index contributed by atoms with van der Waals surface area (Å²) in [4.78, 5) is 0. The van der Waals surface area contributed by atoms with E-state index in [1.165, 1.54) is 22.3 Å². The van der Waals surface area contributed by atoms with E-state index in [9.17, 15) is 10.2 Å². The summed E-state index contributed by atoms with van der Waals surface area (Å²) in [6.45, 7) is 0. The molecule has 0 heterocycles. The molecule has 0 saturated carbocycles. The third kappa shape index (κ3) is 2.72. The molecule has 0 fully saturated rings. The van der Waals surface area contributed by atoms with Crippen LogP contribution in [0.25, 0.3) is 0 Å². The molecule has 0 atom stereocenters.